The van der Waals surface area contributed by atoms with Crippen LogP contribution >= 0.6 is 0 Å². The molecule has 1 heterocycles. The molecule has 1 fully saturated rings. The molecule has 7 nitrogen and oxygen atoms in total. The van der Waals surface area contributed by atoms with E-state index in [1.54, 1.807) is 56.3 Å². The molecule has 1 aliphatic heterocycles. The molecule has 3 aromatic carbocycles. The number of ketones is 1. The number of amides is 1. The number of carbonyl (C=O) groups is 3. The maximum Gasteiger partial charge on any atom is 0.338 e. The fraction of sp³-hybridized carbons (Fsp3) is 0.281. The van der Waals surface area contributed by atoms with E-state index in [-0.39, 0.29) is 24.0 Å². The van der Waals surface area contributed by atoms with Crippen LogP contribution in [-0.4, -0.2) is 40.4 Å². The molecule has 1 amide bonds. The summed E-state index contributed by atoms with van der Waals surface area (Å²) in [6, 6.07) is 18.7. The van der Waals surface area contributed by atoms with Crippen LogP contribution in [-0.2, 0) is 20.9 Å². The quantitative estimate of drug-likeness (QED) is 0.170. The van der Waals surface area contributed by atoms with Crippen molar-refractivity contribution in [3.63, 3.8) is 0 Å². The Kier molecular flexibility index (Phi) is 8.19. The second-order valence-electron chi connectivity index (χ2n) is 9.91. The molecule has 202 valence electrons. The summed E-state index contributed by atoms with van der Waals surface area (Å²) in [5.41, 5.74) is 4.07. The summed E-state index contributed by atoms with van der Waals surface area (Å²) < 4.78 is 10.9. The normalized spacial score (nSPS) is 16.6. The maximum absolute atomic E-state index is 13.4. The Morgan fingerprint density at radius 1 is 0.974 bits per heavy atom. The molecule has 1 aliphatic rings. The number of rotatable bonds is 8. The summed E-state index contributed by atoms with van der Waals surface area (Å²) in [4.78, 5) is 40.5. The highest BCUT2D eigenvalue weighted by atomic mass is 16.5. The van der Waals surface area contributed by atoms with Crippen LogP contribution in [0.15, 0.2) is 72.3 Å². The van der Waals surface area contributed by atoms with Gasteiger partial charge in [0, 0.05) is 12.1 Å². The lowest BCUT2D eigenvalue weighted by molar-refractivity contribution is -0.140. The van der Waals surface area contributed by atoms with Crippen molar-refractivity contribution in [2.75, 3.05) is 6.61 Å². The van der Waals surface area contributed by atoms with E-state index >= 15 is 0 Å². The van der Waals surface area contributed by atoms with Crippen LogP contribution < -0.4 is 4.74 Å². The van der Waals surface area contributed by atoms with Gasteiger partial charge in [0.15, 0.2) is 0 Å². The van der Waals surface area contributed by atoms with Gasteiger partial charge in [-0.05, 0) is 81.6 Å². The number of carbonyl (C=O) groups excluding carboxylic acids is 3. The van der Waals surface area contributed by atoms with Gasteiger partial charge in [0.1, 0.15) is 11.5 Å². The maximum atomic E-state index is 13.4. The van der Waals surface area contributed by atoms with Gasteiger partial charge in [-0.25, -0.2) is 4.79 Å². The van der Waals surface area contributed by atoms with E-state index < -0.39 is 23.7 Å². The minimum Gasteiger partial charge on any atom is -0.507 e. The molecule has 7 heteroatoms. The SMILES string of the molecule is CCOc1ccc(/C(O)=C2/C(=O)C(=O)N(Cc3ccc(C(=O)OC(C)C)cc3)C2c2cccc(C)c2)cc1C. The van der Waals surface area contributed by atoms with Crippen LogP contribution in [0.1, 0.15) is 65.0 Å². The molecule has 0 radical (unpaired) electrons. The van der Waals surface area contributed by atoms with Crippen molar-refractivity contribution in [2.24, 2.45) is 0 Å². The molecule has 1 atom stereocenters. The Morgan fingerprint density at radius 3 is 2.28 bits per heavy atom. The Hall–Kier alpha value is -4.39. The van der Waals surface area contributed by atoms with E-state index in [0.717, 1.165) is 22.3 Å². The lowest BCUT2D eigenvalue weighted by atomic mass is 9.94. The van der Waals surface area contributed by atoms with Gasteiger partial charge in [-0.1, -0.05) is 42.0 Å². The molecule has 3 aromatic rings. The van der Waals surface area contributed by atoms with Crippen LogP contribution in [0.3, 0.4) is 0 Å². The lowest BCUT2D eigenvalue weighted by Crippen LogP contribution is -2.29. The first-order valence-electron chi connectivity index (χ1n) is 13.0. The molecule has 39 heavy (non-hydrogen) atoms. The fourth-order valence-electron chi connectivity index (χ4n) is 4.72. The van der Waals surface area contributed by atoms with Crippen LogP contribution in [0.4, 0.5) is 0 Å². The van der Waals surface area contributed by atoms with E-state index in [4.69, 9.17) is 9.47 Å². The van der Waals surface area contributed by atoms with Crippen LogP contribution in [0, 0.1) is 13.8 Å². The monoisotopic (exact) mass is 527 g/mol. The summed E-state index contributed by atoms with van der Waals surface area (Å²) in [7, 11) is 0. The van der Waals surface area contributed by atoms with Crippen LogP contribution in [0.25, 0.3) is 5.76 Å². The number of ether oxygens (including phenoxy) is 2. The lowest BCUT2D eigenvalue weighted by Gasteiger charge is -2.26. The first-order chi connectivity index (χ1) is 18.6. The highest BCUT2D eigenvalue weighted by Crippen LogP contribution is 2.41. The average molecular weight is 528 g/mol. The predicted molar refractivity (Wildman–Crippen MR) is 148 cm³/mol. The third-order valence-electron chi connectivity index (χ3n) is 6.53. The van der Waals surface area contributed by atoms with Gasteiger partial charge in [0.25, 0.3) is 11.7 Å². The Morgan fingerprint density at radius 2 is 1.67 bits per heavy atom. The summed E-state index contributed by atoms with van der Waals surface area (Å²) in [6.45, 7) is 9.86. The smallest absolute Gasteiger partial charge is 0.338 e. The second kappa shape index (κ2) is 11.6. The zero-order valence-electron chi connectivity index (χ0n) is 22.9. The number of hydrogen-bond acceptors (Lipinski definition) is 6. The minimum absolute atomic E-state index is 0.0336. The highest BCUT2D eigenvalue weighted by molar-refractivity contribution is 6.46. The van der Waals surface area contributed by atoms with Gasteiger partial charge >= 0.3 is 5.97 Å². The van der Waals surface area contributed by atoms with Crippen molar-refractivity contribution in [1.29, 1.82) is 0 Å². The number of benzene rings is 3. The van der Waals surface area contributed by atoms with Crippen molar-refractivity contribution in [3.8, 4) is 5.75 Å². The molecule has 0 spiro atoms. The Bertz CT molecular complexity index is 1440. The first kappa shape index (κ1) is 27.6. The first-order valence-corrected chi connectivity index (χ1v) is 13.0. The third kappa shape index (κ3) is 5.87. The standard InChI is InChI=1S/C32H33NO6/c1-6-38-26-15-14-25(17-21(26)5)29(34)27-28(24-9-7-8-20(4)16-24)33(31(36)30(27)35)18-22-10-12-23(13-11-22)32(37)39-19(2)3/h7-17,19,28,34H,6,18H2,1-5H3/b29-27-. The molecule has 4 rings (SSSR count). The minimum atomic E-state index is -0.789. The van der Waals surface area contributed by atoms with Gasteiger partial charge < -0.3 is 19.5 Å². The largest absolute Gasteiger partial charge is 0.507 e. The van der Waals surface area contributed by atoms with Gasteiger partial charge in [-0.2, -0.15) is 0 Å². The fourth-order valence-corrected chi connectivity index (χ4v) is 4.72. The molecule has 0 aromatic heterocycles. The molecule has 0 saturated carbocycles. The van der Waals surface area contributed by atoms with E-state index in [1.165, 1.54) is 4.90 Å². The van der Waals surface area contributed by atoms with Crippen molar-refractivity contribution in [3.05, 3.63) is 106 Å². The summed E-state index contributed by atoms with van der Waals surface area (Å²) in [5, 5.41) is 11.4. The van der Waals surface area contributed by atoms with Crippen molar-refractivity contribution < 1.29 is 29.0 Å². The number of aryl methyl sites for hydroxylation is 2. The van der Waals surface area contributed by atoms with Crippen LogP contribution in [0.2, 0.25) is 0 Å². The summed E-state index contributed by atoms with van der Waals surface area (Å²) in [6.07, 6.45) is -0.238. The van der Waals surface area contributed by atoms with E-state index in [1.807, 2.05) is 45.0 Å². The second-order valence-corrected chi connectivity index (χ2v) is 9.91. The van der Waals surface area contributed by atoms with Crippen molar-refractivity contribution in [1.82, 2.24) is 4.90 Å². The van der Waals surface area contributed by atoms with Gasteiger partial charge in [-0.3, -0.25) is 9.59 Å². The summed E-state index contributed by atoms with van der Waals surface area (Å²) in [5.74, 6) is -1.43. The van der Waals surface area contributed by atoms with Gasteiger partial charge in [0.05, 0.1) is 29.9 Å². The Balaban J connectivity index is 1.75. The number of aliphatic hydroxyl groups is 1. The van der Waals surface area contributed by atoms with Gasteiger partial charge in [0.2, 0.25) is 0 Å². The van der Waals surface area contributed by atoms with Crippen molar-refractivity contribution in [2.45, 2.75) is 53.3 Å². The molecule has 1 N–H and O–H groups in total. The molecular weight excluding hydrogens is 494 g/mol. The molecular formula is C32H33NO6. The third-order valence-corrected chi connectivity index (χ3v) is 6.53. The molecule has 1 saturated heterocycles. The van der Waals surface area contributed by atoms with E-state index in [2.05, 4.69) is 0 Å². The number of likely N-dealkylation sites (tertiary alicyclic amines) is 1. The number of aliphatic hydroxyl groups excluding tert-OH is 1. The topological polar surface area (TPSA) is 93.1 Å². The van der Waals surface area contributed by atoms with E-state index in [9.17, 15) is 19.5 Å². The number of esters is 1. The number of nitrogens with zero attached hydrogens (tertiary/aromatic N) is 1. The zero-order valence-corrected chi connectivity index (χ0v) is 22.9. The molecule has 1 unspecified atom stereocenters. The predicted octanol–water partition coefficient (Wildman–Crippen LogP) is 5.89. The summed E-state index contributed by atoms with van der Waals surface area (Å²) >= 11 is 0. The van der Waals surface area contributed by atoms with Gasteiger partial charge in [-0.15, -0.1) is 0 Å². The average Bonchev–Trinajstić information content (AvgIpc) is 3.14. The highest BCUT2D eigenvalue weighted by Gasteiger charge is 2.46. The number of hydrogen-bond donors (Lipinski definition) is 1. The molecule has 0 aliphatic carbocycles. The Labute approximate surface area is 228 Å². The number of Topliss-reactive ketones (excluding diaryl/α,β-unsaturated/α-hetero) is 1. The van der Waals surface area contributed by atoms with Crippen molar-refractivity contribution >= 4 is 23.4 Å². The van der Waals surface area contributed by atoms with E-state index in [0.29, 0.717) is 23.5 Å². The zero-order chi connectivity index (χ0) is 28.3. The van der Waals surface area contributed by atoms with Crippen LogP contribution in [0.5, 0.6) is 5.75 Å². The molecule has 0 bridgehead atoms.